The number of hydrogen-bond acceptors (Lipinski definition) is 10. The normalized spacial score (nSPS) is 21.6. The number of allylic oxidation sites excluding steroid dienone is 3. The molecule has 1 aliphatic heterocycles. The molecule has 3 rings (SSSR count). The van der Waals surface area contributed by atoms with Crippen LogP contribution >= 0.6 is 11.6 Å². The lowest BCUT2D eigenvalue weighted by atomic mass is 9.82. The van der Waals surface area contributed by atoms with Crippen molar-refractivity contribution in [3.63, 3.8) is 0 Å². The minimum Gasteiger partial charge on any atom is -0.474 e. The molecule has 3 fully saturated rings. The first-order valence-electron chi connectivity index (χ1n) is 19.2. The van der Waals surface area contributed by atoms with E-state index in [9.17, 15) is 33.6 Å². The molecule has 1 heterocycles. The van der Waals surface area contributed by atoms with Crippen molar-refractivity contribution in [3.8, 4) is 0 Å². The summed E-state index contributed by atoms with van der Waals surface area (Å²) in [4.78, 5) is 95.1. The summed E-state index contributed by atoms with van der Waals surface area (Å²) >= 11 is 5.95. The van der Waals surface area contributed by atoms with E-state index in [2.05, 4.69) is 31.3 Å². The molecule has 55 heavy (non-hydrogen) atoms. The Morgan fingerprint density at radius 3 is 2.15 bits per heavy atom. The zero-order chi connectivity index (χ0) is 41.0. The molecule has 0 aromatic rings. The zero-order valence-corrected chi connectivity index (χ0v) is 33.9. The molecule has 3 aliphatic rings. The third kappa shape index (κ3) is 13.7. The second-order valence-electron chi connectivity index (χ2n) is 15.8. The van der Waals surface area contributed by atoms with Gasteiger partial charge in [-0.15, -0.1) is 0 Å². The first-order valence-corrected chi connectivity index (χ1v) is 19.6. The number of nitrogens with one attached hydrogen (secondary N) is 5. The average Bonchev–Trinajstić information content (AvgIpc) is 3.85. The van der Waals surface area contributed by atoms with Crippen LogP contribution in [0.15, 0.2) is 23.1 Å². The fourth-order valence-electron chi connectivity index (χ4n) is 6.76. The molecule has 0 aromatic heterocycles. The number of methoxy groups -OCH3 is 1. The Morgan fingerprint density at radius 2 is 1.58 bits per heavy atom. The molecule has 2 saturated carbocycles. The Morgan fingerprint density at radius 1 is 0.927 bits per heavy atom. The Hall–Kier alpha value is -4.34. The molecule has 2 aliphatic carbocycles. The molecular formula is C38H60ClN7O9. The summed E-state index contributed by atoms with van der Waals surface area (Å²) in [6.07, 6.45) is 7.72. The number of ether oxygens (including phenoxy) is 2. The topological polar surface area (TPSA) is 227 Å². The SMILES string of the molecule is CCC[C@H](NC(=O)[C@@H]1C[C@@H](O/C(N)=C/C=C(\C)Cl)CN1C(=O)[C@@H](NC(=O)C(NC(=O)[C@H](C)NC(=O)OC)C1CCCCC1)C(C)(C)C)C(=O)C(=O)NC1CC1. The van der Waals surface area contributed by atoms with Gasteiger partial charge in [0.05, 0.1) is 19.7 Å². The van der Waals surface area contributed by atoms with E-state index in [1.54, 1.807) is 27.7 Å². The van der Waals surface area contributed by atoms with Crippen LogP contribution in [0.4, 0.5) is 4.79 Å². The molecule has 6 amide bonds. The van der Waals surface area contributed by atoms with E-state index in [-0.39, 0.29) is 37.2 Å². The maximum absolute atomic E-state index is 14.7. The Labute approximate surface area is 328 Å². The highest BCUT2D eigenvalue weighted by atomic mass is 35.5. The van der Waals surface area contributed by atoms with Crippen molar-refractivity contribution in [2.24, 2.45) is 17.1 Å². The number of halogens is 1. The standard InChI is InChI=1S/C38H60ClN7O9/c1-8-12-26(30(47)35(51)42-24-16-17-24)43-33(49)27-19-25(55-28(40)18-15-21(2)39)20-46(27)36(52)31(38(4,5)6)45-34(50)29(23-13-10-9-11-14-23)44-32(48)22(3)41-37(53)54-7/h15,18,22-27,29,31H,8-14,16-17,19-20,40H2,1-7H3,(H,41,53)(H,42,51)(H,43,49)(H,44,48)(H,45,50)/b21-15+,28-18+/t22-,25+,26-,27-,29?,31+/m0/s1. The average molecular weight is 794 g/mol. The zero-order valence-electron chi connectivity index (χ0n) is 33.1. The predicted octanol–water partition coefficient (Wildman–Crippen LogP) is 2.39. The molecule has 17 heteroatoms. The first-order chi connectivity index (χ1) is 25.9. The molecule has 7 N–H and O–H groups in total. The van der Waals surface area contributed by atoms with Crippen molar-refractivity contribution < 1.29 is 43.0 Å². The Bertz CT molecular complexity index is 1480. The van der Waals surface area contributed by atoms with Crippen molar-refractivity contribution >= 4 is 53.0 Å². The summed E-state index contributed by atoms with van der Waals surface area (Å²) in [7, 11) is 1.17. The molecule has 0 radical (unpaired) electrons. The summed E-state index contributed by atoms with van der Waals surface area (Å²) in [5, 5.41) is 13.9. The van der Waals surface area contributed by atoms with E-state index in [1.807, 2.05) is 6.92 Å². The number of nitrogens with two attached hydrogens (primary N) is 1. The highest BCUT2D eigenvalue weighted by Crippen LogP contribution is 2.30. The number of Topliss-reactive ketones (excluding diaryl/α,β-unsaturated/α-hetero) is 1. The van der Waals surface area contributed by atoms with Gasteiger partial charge in [-0.05, 0) is 69.4 Å². The number of amides is 6. The van der Waals surface area contributed by atoms with Gasteiger partial charge in [-0.3, -0.25) is 28.8 Å². The number of likely N-dealkylation sites (tertiary alicyclic amines) is 1. The molecule has 308 valence electrons. The van der Waals surface area contributed by atoms with Crippen LogP contribution in [0, 0.1) is 11.3 Å². The summed E-state index contributed by atoms with van der Waals surface area (Å²) in [5.74, 6) is -4.21. The second kappa shape index (κ2) is 20.5. The third-order valence-corrected chi connectivity index (χ3v) is 10.1. The highest BCUT2D eigenvalue weighted by Gasteiger charge is 2.47. The quantitative estimate of drug-likeness (QED) is 0.0716. The molecule has 0 aromatic carbocycles. The molecule has 1 unspecified atom stereocenters. The minimum absolute atomic E-state index is 0.00287. The monoisotopic (exact) mass is 793 g/mol. The predicted molar refractivity (Wildman–Crippen MR) is 205 cm³/mol. The number of hydrogen-bond donors (Lipinski definition) is 6. The lowest BCUT2D eigenvalue weighted by Gasteiger charge is -2.37. The summed E-state index contributed by atoms with van der Waals surface area (Å²) in [6.45, 7) is 10.2. The lowest BCUT2D eigenvalue weighted by Crippen LogP contribution is -2.62. The van der Waals surface area contributed by atoms with Gasteiger partial charge in [0.15, 0.2) is 5.88 Å². The van der Waals surface area contributed by atoms with Crippen LogP contribution in [0.25, 0.3) is 0 Å². The fourth-order valence-corrected chi connectivity index (χ4v) is 6.83. The third-order valence-electron chi connectivity index (χ3n) is 9.99. The number of carbonyl (C=O) groups excluding carboxylic acids is 7. The maximum atomic E-state index is 14.7. The lowest BCUT2D eigenvalue weighted by molar-refractivity contribution is -0.145. The number of rotatable bonds is 17. The van der Waals surface area contributed by atoms with Crippen molar-refractivity contribution in [1.82, 2.24) is 31.5 Å². The maximum Gasteiger partial charge on any atom is 0.407 e. The van der Waals surface area contributed by atoms with Crippen LogP contribution in [0.5, 0.6) is 0 Å². The Kier molecular flexibility index (Phi) is 16.8. The van der Waals surface area contributed by atoms with E-state index >= 15 is 0 Å². The van der Waals surface area contributed by atoms with Crippen LogP contribution in [0.1, 0.15) is 106 Å². The minimum atomic E-state index is -1.19. The number of nitrogens with zero attached hydrogens (tertiary/aromatic N) is 1. The fraction of sp³-hybridized carbons (Fsp3) is 0.711. The van der Waals surface area contributed by atoms with Gasteiger partial charge >= 0.3 is 6.09 Å². The van der Waals surface area contributed by atoms with Gasteiger partial charge < -0.3 is 46.7 Å². The number of ketones is 1. The van der Waals surface area contributed by atoms with Gasteiger partial charge in [0, 0.05) is 17.5 Å². The second-order valence-corrected chi connectivity index (χ2v) is 16.4. The number of carbonyl (C=O) groups is 7. The largest absolute Gasteiger partial charge is 0.474 e. The summed E-state index contributed by atoms with van der Waals surface area (Å²) in [6, 6.07) is -5.55. The molecule has 1 saturated heterocycles. The van der Waals surface area contributed by atoms with E-state index < -0.39 is 83.1 Å². The summed E-state index contributed by atoms with van der Waals surface area (Å²) in [5.41, 5.74) is 5.21. The molecule has 16 nitrogen and oxygen atoms in total. The molecule has 0 bridgehead atoms. The van der Waals surface area contributed by atoms with Crippen molar-refractivity contribution in [2.45, 2.75) is 148 Å². The van der Waals surface area contributed by atoms with E-state index in [1.165, 1.54) is 31.1 Å². The van der Waals surface area contributed by atoms with E-state index in [4.69, 9.17) is 22.1 Å². The van der Waals surface area contributed by atoms with Crippen molar-refractivity contribution in [1.29, 1.82) is 0 Å². The van der Waals surface area contributed by atoms with Gasteiger partial charge in [0.25, 0.3) is 5.91 Å². The van der Waals surface area contributed by atoms with Gasteiger partial charge in [0.1, 0.15) is 30.3 Å². The van der Waals surface area contributed by atoms with Crippen LogP contribution in [0.2, 0.25) is 0 Å². The van der Waals surface area contributed by atoms with Crippen LogP contribution in [-0.2, 0) is 38.2 Å². The molecule has 0 spiro atoms. The number of alkyl carbamates (subject to hydrolysis) is 1. The van der Waals surface area contributed by atoms with Crippen LogP contribution in [-0.4, -0.2) is 102 Å². The smallest absolute Gasteiger partial charge is 0.407 e. The first kappa shape index (κ1) is 45.1. The van der Waals surface area contributed by atoms with Crippen molar-refractivity contribution in [2.75, 3.05) is 13.7 Å². The van der Waals surface area contributed by atoms with E-state index in [0.29, 0.717) is 24.3 Å². The Balaban J connectivity index is 1.92. The van der Waals surface area contributed by atoms with Crippen molar-refractivity contribution in [3.05, 3.63) is 23.1 Å². The van der Waals surface area contributed by atoms with Gasteiger partial charge in [-0.25, -0.2) is 4.79 Å². The molecule has 6 atom stereocenters. The van der Waals surface area contributed by atoms with Gasteiger partial charge in [-0.2, -0.15) is 0 Å². The van der Waals surface area contributed by atoms with Crippen LogP contribution in [0.3, 0.4) is 0 Å². The molecular weight excluding hydrogens is 734 g/mol. The van der Waals surface area contributed by atoms with E-state index in [0.717, 1.165) is 32.1 Å². The van der Waals surface area contributed by atoms with Gasteiger partial charge in [-0.1, -0.05) is 65.0 Å². The highest BCUT2D eigenvalue weighted by molar-refractivity contribution is 6.38. The van der Waals surface area contributed by atoms with Crippen LogP contribution < -0.4 is 32.3 Å². The van der Waals surface area contributed by atoms with Gasteiger partial charge in [0.2, 0.25) is 29.4 Å². The summed E-state index contributed by atoms with van der Waals surface area (Å²) < 4.78 is 10.5.